The van der Waals surface area contributed by atoms with Gasteiger partial charge < -0.3 is 9.88 Å². The number of fused-ring (bicyclic) bond motifs is 3. The predicted octanol–water partition coefficient (Wildman–Crippen LogP) is 5.15. The first-order valence-electron chi connectivity index (χ1n) is 10.2. The molecule has 156 valence electrons. The van der Waals surface area contributed by atoms with Gasteiger partial charge in [0.1, 0.15) is 11.6 Å². The van der Waals surface area contributed by atoms with E-state index in [0.717, 1.165) is 52.1 Å². The quantitative estimate of drug-likeness (QED) is 0.476. The van der Waals surface area contributed by atoms with Crippen molar-refractivity contribution in [3.05, 3.63) is 87.3 Å². The van der Waals surface area contributed by atoms with Crippen LogP contribution in [0.5, 0.6) is 0 Å². The molecule has 4 aromatic rings. The maximum atomic E-state index is 11.7. The zero-order chi connectivity index (χ0) is 21.7. The normalized spacial score (nSPS) is 15.4. The lowest BCUT2D eigenvalue weighted by Crippen LogP contribution is -2.22. The molecule has 0 radical (unpaired) electrons. The van der Waals surface area contributed by atoms with E-state index in [2.05, 4.69) is 49.8 Å². The van der Waals surface area contributed by atoms with Gasteiger partial charge in [-0.2, -0.15) is 0 Å². The molecule has 1 aliphatic heterocycles. The highest BCUT2D eigenvalue weighted by Gasteiger charge is 2.28. The minimum atomic E-state index is -0.0996. The van der Waals surface area contributed by atoms with Crippen molar-refractivity contribution in [2.24, 2.45) is 0 Å². The summed E-state index contributed by atoms with van der Waals surface area (Å²) in [6.07, 6.45) is 0. The van der Waals surface area contributed by atoms with E-state index in [9.17, 15) is 4.79 Å². The number of hydrogen-bond acceptors (Lipinski definition) is 4. The third-order valence-electron chi connectivity index (χ3n) is 5.82. The van der Waals surface area contributed by atoms with Gasteiger partial charge in [-0.1, -0.05) is 24.6 Å². The van der Waals surface area contributed by atoms with Crippen LogP contribution in [0.2, 0.25) is 5.02 Å². The number of halogens is 1. The van der Waals surface area contributed by atoms with Crippen LogP contribution < -0.4 is 10.5 Å². The van der Waals surface area contributed by atoms with E-state index in [4.69, 9.17) is 11.6 Å². The van der Waals surface area contributed by atoms with Crippen molar-refractivity contribution >= 4 is 23.0 Å². The summed E-state index contributed by atoms with van der Waals surface area (Å²) < 4.78 is 2.14. The topological polar surface area (TPSA) is 66.8 Å². The molecule has 7 heteroatoms. The molecule has 0 bridgehead atoms. The van der Waals surface area contributed by atoms with Crippen LogP contribution in [0.15, 0.2) is 59.4 Å². The molecule has 0 unspecified atom stereocenters. The first kappa shape index (κ1) is 19.6. The number of aromatic nitrogens is 4. The molecule has 2 aromatic heterocycles. The van der Waals surface area contributed by atoms with Gasteiger partial charge >= 0.3 is 0 Å². The molecule has 0 fully saturated rings. The van der Waals surface area contributed by atoms with Gasteiger partial charge in [0.2, 0.25) is 5.56 Å². The van der Waals surface area contributed by atoms with Crippen molar-refractivity contribution in [1.82, 2.24) is 19.7 Å². The number of hydrogen-bond donors (Lipinski definition) is 1. The Bertz CT molecular complexity index is 1340. The summed E-state index contributed by atoms with van der Waals surface area (Å²) in [7, 11) is 0. The van der Waals surface area contributed by atoms with Crippen molar-refractivity contribution in [3.63, 3.8) is 0 Å². The lowest BCUT2D eigenvalue weighted by molar-refractivity contribution is 0.696. The number of nitrogens with zero attached hydrogens (tertiary/aromatic N) is 4. The molecule has 2 aromatic carbocycles. The van der Waals surface area contributed by atoms with Crippen LogP contribution in [0.25, 0.3) is 16.8 Å². The Labute approximate surface area is 185 Å². The Morgan fingerprint density at radius 2 is 1.77 bits per heavy atom. The number of benzene rings is 2. The van der Waals surface area contributed by atoms with E-state index < -0.39 is 0 Å². The van der Waals surface area contributed by atoms with Crippen LogP contribution in [0, 0.1) is 13.8 Å². The molecule has 5 rings (SSSR count). The van der Waals surface area contributed by atoms with Gasteiger partial charge in [0, 0.05) is 40.5 Å². The van der Waals surface area contributed by atoms with Crippen LogP contribution in [-0.4, -0.2) is 26.3 Å². The van der Waals surface area contributed by atoms with Crippen LogP contribution >= 0.6 is 11.6 Å². The minimum absolute atomic E-state index is 0.0996. The lowest BCUT2D eigenvalue weighted by Gasteiger charge is -2.27. The van der Waals surface area contributed by atoms with Crippen LogP contribution in [-0.2, 0) is 0 Å². The third kappa shape index (κ3) is 3.33. The monoisotopic (exact) mass is 431 g/mol. The van der Waals surface area contributed by atoms with E-state index in [1.807, 2.05) is 44.2 Å². The molecule has 1 atom stereocenters. The molecule has 6 nitrogen and oxygen atoms in total. The second-order valence-corrected chi connectivity index (χ2v) is 8.43. The van der Waals surface area contributed by atoms with Crippen molar-refractivity contribution in [1.29, 1.82) is 0 Å². The van der Waals surface area contributed by atoms with Gasteiger partial charge in [-0.3, -0.25) is 9.36 Å². The number of pyridine rings is 1. The van der Waals surface area contributed by atoms with Crippen LogP contribution in [0.3, 0.4) is 0 Å². The molecule has 0 saturated heterocycles. The molecule has 31 heavy (non-hydrogen) atoms. The first-order chi connectivity index (χ1) is 14.9. The van der Waals surface area contributed by atoms with Gasteiger partial charge in [-0.25, -0.2) is 0 Å². The fourth-order valence-electron chi connectivity index (χ4n) is 4.30. The molecule has 1 aliphatic rings. The number of aromatic amines is 1. The Kier molecular flexibility index (Phi) is 4.67. The summed E-state index contributed by atoms with van der Waals surface area (Å²) in [6.45, 7) is 6.82. The summed E-state index contributed by atoms with van der Waals surface area (Å²) in [5.41, 5.74) is 5.92. The number of anilines is 2. The number of H-pyrrole nitrogens is 1. The molecular weight excluding hydrogens is 410 g/mol. The fourth-order valence-corrected chi connectivity index (χ4v) is 4.43. The third-order valence-corrected chi connectivity index (χ3v) is 6.07. The minimum Gasteiger partial charge on any atom is -0.339 e. The van der Waals surface area contributed by atoms with E-state index in [0.29, 0.717) is 5.02 Å². The maximum Gasteiger partial charge on any atom is 0.248 e. The zero-order valence-corrected chi connectivity index (χ0v) is 18.3. The highest BCUT2D eigenvalue weighted by atomic mass is 35.5. The van der Waals surface area contributed by atoms with E-state index in [1.54, 1.807) is 6.07 Å². The summed E-state index contributed by atoms with van der Waals surface area (Å²) in [5, 5.41) is 9.51. The van der Waals surface area contributed by atoms with Gasteiger partial charge in [0.25, 0.3) is 0 Å². The molecule has 1 N–H and O–H groups in total. The predicted molar refractivity (Wildman–Crippen MR) is 124 cm³/mol. The van der Waals surface area contributed by atoms with Gasteiger partial charge in [-0.15, -0.1) is 10.2 Å². The SMILES string of the molecule is Cc1[nH]c(=O)ccc1-c1ccc2c(c1)N(c1ccc(Cl)cc1)C[C@@H](C)c1nnc(C)n1-2. The average molecular weight is 432 g/mol. The van der Waals surface area contributed by atoms with Crippen molar-refractivity contribution < 1.29 is 0 Å². The van der Waals surface area contributed by atoms with Crippen LogP contribution in [0.1, 0.15) is 30.2 Å². The van der Waals surface area contributed by atoms with Gasteiger partial charge in [-0.05, 0) is 61.9 Å². The van der Waals surface area contributed by atoms with E-state index in [-0.39, 0.29) is 11.5 Å². The number of rotatable bonds is 2. The van der Waals surface area contributed by atoms with Gasteiger partial charge in [0.05, 0.1) is 11.4 Å². The van der Waals surface area contributed by atoms with Crippen molar-refractivity contribution in [2.75, 3.05) is 11.4 Å². The summed E-state index contributed by atoms with van der Waals surface area (Å²) in [5.74, 6) is 1.97. The van der Waals surface area contributed by atoms with E-state index >= 15 is 0 Å². The van der Waals surface area contributed by atoms with Crippen molar-refractivity contribution in [3.8, 4) is 16.8 Å². The smallest absolute Gasteiger partial charge is 0.248 e. The largest absolute Gasteiger partial charge is 0.339 e. The highest BCUT2D eigenvalue weighted by molar-refractivity contribution is 6.30. The first-order valence-corrected chi connectivity index (χ1v) is 10.6. The second-order valence-electron chi connectivity index (χ2n) is 7.99. The Morgan fingerprint density at radius 1 is 1.00 bits per heavy atom. The standard InChI is InChI=1S/C24H22ClN5O/c1-14-13-29(19-7-5-18(25)6-8-19)22-12-17(20-9-11-23(31)26-15(20)2)4-10-21(22)30-16(3)27-28-24(14)30/h4-12,14H,13H2,1-3H3,(H,26,31)/t14-/m1/s1. The van der Waals surface area contributed by atoms with Gasteiger partial charge in [0.15, 0.2) is 0 Å². The van der Waals surface area contributed by atoms with Crippen molar-refractivity contribution in [2.45, 2.75) is 26.7 Å². The fraction of sp³-hybridized carbons (Fsp3) is 0.208. The lowest BCUT2D eigenvalue weighted by atomic mass is 10.0. The number of nitrogens with one attached hydrogen (secondary N) is 1. The molecule has 0 aliphatic carbocycles. The molecule has 0 spiro atoms. The number of aryl methyl sites for hydroxylation is 2. The Morgan fingerprint density at radius 3 is 2.52 bits per heavy atom. The maximum absolute atomic E-state index is 11.7. The molecule has 3 heterocycles. The van der Waals surface area contributed by atoms with E-state index in [1.165, 1.54) is 0 Å². The second kappa shape index (κ2) is 7.39. The summed E-state index contributed by atoms with van der Waals surface area (Å²) >= 11 is 6.15. The summed E-state index contributed by atoms with van der Waals surface area (Å²) in [4.78, 5) is 16.9. The Balaban J connectivity index is 1.76. The summed E-state index contributed by atoms with van der Waals surface area (Å²) in [6, 6.07) is 17.7. The molecule has 0 amide bonds. The van der Waals surface area contributed by atoms with Crippen LogP contribution in [0.4, 0.5) is 11.4 Å². The zero-order valence-electron chi connectivity index (χ0n) is 17.6. The molecular formula is C24H22ClN5O. The average Bonchev–Trinajstić information content (AvgIpc) is 3.08. The molecule has 0 saturated carbocycles. The Hall–Kier alpha value is -3.38. The highest BCUT2D eigenvalue weighted by Crippen LogP contribution is 2.40.